The standard InChI is InChI=1S/C22H34Si/c1-14-11-15(20(2,3)4)12-16(14)22(8)13-17-18(21(5,6)7)19(22)23(17,9)10/h11,13H,12H2,1-10H3. The van der Waals surface area contributed by atoms with E-state index >= 15 is 0 Å². The zero-order chi connectivity index (χ0) is 17.6. The van der Waals surface area contributed by atoms with Crippen molar-refractivity contribution >= 4 is 8.07 Å². The Kier molecular flexibility index (Phi) is 3.27. The molecule has 2 bridgehead atoms. The Labute approximate surface area is 144 Å². The summed E-state index contributed by atoms with van der Waals surface area (Å²) in [5.41, 5.74) is 7.25. The third kappa shape index (κ3) is 2.15. The zero-order valence-corrected chi connectivity index (χ0v) is 17.9. The van der Waals surface area contributed by atoms with Crippen LogP contribution in [-0.2, 0) is 0 Å². The molecule has 0 aromatic rings. The van der Waals surface area contributed by atoms with Gasteiger partial charge in [0.2, 0.25) is 0 Å². The molecule has 4 aliphatic rings. The van der Waals surface area contributed by atoms with Crippen LogP contribution in [0.4, 0.5) is 0 Å². The van der Waals surface area contributed by atoms with Crippen molar-refractivity contribution in [3.63, 3.8) is 0 Å². The van der Waals surface area contributed by atoms with Crippen LogP contribution in [0.2, 0.25) is 13.1 Å². The van der Waals surface area contributed by atoms with E-state index in [4.69, 9.17) is 0 Å². The molecule has 2 aliphatic heterocycles. The highest BCUT2D eigenvalue weighted by atomic mass is 28.3. The molecule has 0 aromatic carbocycles. The predicted octanol–water partition coefficient (Wildman–Crippen LogP) is 6.77. The minimum Gasteiger partial charge on any atom is -0.0709 e. The third-order valence-electron chi connectivity index (χ3n) is 6.34. The Hall–Kier alpha value is -0.823. The van der Waals surface area contributed by atoms with Crippen molar-refractivity contribution < 1.29 is 0 Å². The predicted molar refractivity (Wildman–Crippen MR) is 105 cm³/mol. The molecule has 0 aromatic heterocycles. The zero-order valence-electron chi connectivity index (χ0n) is 16.9. The molecule has 0 saturated heterocycles. The fourth-order valence-electron chi connectivity index (χ4n) is 5.18. The van der Waals surface area contributed by atoms with Gasteiger partial charge in [-0.2, -0.15) is 0 Å². The smallest absolute Gasteiger partial charge is 0.0709 e. The van der Waals surface area contributed by atoms with Crippen molar-refractivity contribution in [3.8, 4) is 0 Å². The number of rotatable bonds is 1. The van der Waals surface area contributed by atoms with Gasteiger partial charge in [-0.15, -0.1) is 0 Å². The fourth-order valence-corrected chi connectivity index (χ4v) is 9.69. The highest BCUT2D eigenvalue weighted by Gasteiger charge is 2.60. The molecular weight excluding hydrogens is 292 g/mol. The molecular formula is C22H34Si. The lowest BCUT2D eigenvalue weighted by atomic mass is 9.76. The summed E-state index contributed by atoms with van der Waals surface area (Å²) in [6.07, 6.45) is 6.30. The summed E-state index contributed by atoms with van der Waals surface area (Å²) in [5, 5.41) is 3.57. The first-order valence-corrected chi connectivity index (χ1v) is 12.1. The van der Waals surface area contributed by atoms with Crippen molar-refractivity contribution in [3.05, 3.63) is 44.8 Å². The number of hydrogen-bond acceptors (Lipinski definition) is 0. The first-order chi connectivity index (χ1) is 10.2. The molecule has 23 heavy (non-hydrogen) atoms. The van der Waals surface area contributed by atoms with Crippen LogP contribution in [0.1, 0.15) is 61.8 Å². The second-order valence-corrected chi connectivity index (χ2v) is 14.9. The molecule has 2 aliphatic carbocycles. The Bertz CT molecular complexity index is 708. The van der Waals surface area contributed by atoms with E-state index in [0.29, 0.717) is 0 Å². The largest absolute Gasteiger partial charge is 0.109 e. The van der Waals surface area contributed by atoms with Gasteiger partial charge in [0.05, 0.1) is 0 Å². The molecule has 126 valence electrons. The lowest BCUT2D eigenvalue weighted by Crippen LogP contribution is -2.46. The molecule has 1 heteroatoms. The van der Waals surface area contributed by atoms with Gasteiger partial charge in [0, 0.05) is 5.41 Å². The Balaban J connectivity index is 2.06. The first kappa shape index (κ1) is 17.0. The van der Waals surface area contributed by atoms with Crippen molar-refractivity contribution in [1.29, 1.82) is 0 Å². The number of allylic oxidation sites excluding steroid dienone is 8. The second-order valence-electron chi connectivity index (χ2n) is 10.6. The fraction of sp³-hybridized carbons (Fsp3) is 0.636. The van der Waals surface area contributed by atoms with Crippen LogP contribution >= 0.6 is 0 Å². The quantitative estimate of drug-likeness (QED) is 0.466. The van der Waals surface area contributed by atoms with Crippen LogP contribution in [0.5, 0.6) is 0 Å². The van der Waals surface area contributed by atoms with Gasteiger partial charge in [0.25, 0.3) is 0 Å². The molecule has 0 amide bonds. The summed E-state index contributed by atoms with van der Waals surface area (Å²) in [5.74, 6) is 0. The average molecular weight is 327 g/mol. The molecule has 0 nitrogen and oxygen atoms in total. The van der Waals surface area contributed by atoms with Crippen molar-refractivity contribution in [2.24, 2.45) is 16.2 Å². The van der Waals surface area contributed by atoms with Crippen LogP contribution in [0, 0.1) is 16.2 Å². The van der Waals surface area contributed by atoms with Crippen LogP contribution in [-0.4, -0.2) is 8.07 Å². The second kappa shape index (κ2) is 4.42. The van der Waals surface area contributed by atoms with Gasteiger partial charge >= 0.3 is 0 Å². The maximum atomic E-state index is 2.66. The van der Waals surface area contributed by atoms with E-state index in [1.807, 2.05) is 5.20 Å². The minimum absolute atomic E-state index is 0.196. The Morgan fingerprint density at radius 1 is 1.00 bits per heavy atom. The van der Waals surface area contributed by atoms with Gasteiger partial charge in [0.1, 0.15) is 8.07 Å². The van der Waals surface area contributed by atoms with E-state index in [1.54, 1.807) is 21.9 Å². The molecule has 1 atom stereocenters. The van der Waals surface area contributed by atoms with Crippen LogP contribution in [0.15, 0.2) is 44.8 Å². The average Bonchev–Trinajstić information content (AvgIpc) is 2.93. The minimum atomic E-state index is -1.34. The summed E-state index contributed by atoms with van der Waals surface area (Å²) in [6.45, 7) is 24.2. The van der Waals surface area contributed by atoms with Gasteiger partial charge in [-0.25, -0.2) is 0 Å². The lowest BCUT2D eigenvalue weighted by molar-refractivity contribution is 0.480. The summed E-state index contributed by atoms with van der Waals surface area (Å²) in [6, 6.07) is 0. The molecule has 0 fully saturated rings. The molecule has 0 N–H and O–H groups in total. The lowest BCUT2D eigenvalue weighted by Gasteiger charge is -2.47. The number of fused-ring (bicyclic) bond motifs is 1. The molecule has 4 rings (SSSR count). The maximum Gasteiger partial charge on any atom is 0.109 e. The van der Waals surface area contributed by atoms with E-state index in [2.05, 4.69) is 80.6 Å². The van der Waals surface area contributed by atoms with E-state index in [9.17, 15) is 0 Å². The maximum absolute atomic E-state index is 2.66. The highest BCUT2D eigenvalue weighted by molar-refractivity contribution is 6.96. The summed E-state index contributed by atoms with van der Waals surface area (Å²) >= 11 is 0. The van der Waals surface area contributed by atoms with Gasteiger partial charge in [0.15, 0.2) is 0 Å². The third-order valence-corrected chi connectivity index (χ3v) is 10.1. The molecule has 0 saturated carbocycles. The SMILES string of the molecule is CC1=C(C2(C)C=C3C(C(C)(C)C)=C2[Si]3(C)C)CC(C(C)(C)C)=C1. The van der Waals surface area contributed by atoms with Crippen LogP contribution in [0.25, 0.3) is 0 Å². The number of hydrogen-bond donors (Lipinski definition) is 0. The molecule has 0 radical (unpaired) electrons. The van der Waals surface area contributed by atoms with Gasteiger partial charge in [-0.05, 0) is 42.2 Å². The van der Waals surface area contributed by atoms with E-state index in [0.717, 1.165) is 0 Å². The van der Waals surface area contributed by atoms with E-state index in [-0.39, 0.29) is 16.2 Å². The topological polar surface area (TPSA) is 0 Å². The first-order valence-electron chi connectivity index (χ1n) is 9.11. The Morgan fingerprint density at radius 2 is 1.57 bits per heavy atom. The van der Waals surface area contributed by atoms with E-state index < -0.39 is 8.07 Å². The Morgan fingerprint density at radius 3 is 1.96 bits per heavy atom. The van der Waals surface area contributed by atoms with Crippen molar-refractivity contribution in [2.75, 3.05) is 0 Å². The molecule has 2 heterocycles. The van der Waals surface area contributed by atoms with Crippen LogP contribution < -0.4 is 0 Å². The summed E-state index contributed by atoms with van der Waals surface area (Å²) in [4.78, 5) is 0. The highest BCUT2D eigenvalue weighted by Crippen LogP contribution is 2.66. The molecule has 0 spiro atoms. The monoisotopic (exact) mass is 326 g/mol. The van der Waals surface area contributed by atoms with Gasteiger partial charge < -0.3 is 0 Å². The van der Waals surface area contributed by atoms with Gasteiger partial charge in [-0.3, -0.25) is 0 Å². The summed E-state index contributed by atoms with van der Waals surface area (Å²) in [7, 11) is -1.34. The normalized spacial score (nSPS) is 29.8. The summed E-state index contributed by atoms with van der Waals surface area (Å²) < 4.78 is 0. The van der Waals surface area contributed by atoms with Crippen molar-refractivity contribution in [2.45, 2.75) is 74.9 Å². The van der Waals surface area contributed by atoms with Crippen molar-refractivity contribution in [1.82, 2.24) is 0 Å². The van der Waals surface area contributed by atoms with Crippen LogP contribution in [0.3, 0.4) is 0 Å². The molecule has 1 unspecified atom stereocenters. The van der Waals surface area contributed by atoms with Gasteiger partial charge in [-0.1, -0.05) is 88.3 Å². The van der Waals surface area contributed by atoms with E-state index in [1.165, 1.54) is 12.0 Å².